The standard InChI is InChI=1S/C17H12F2N2O3/c1-23-16(22)11-4-2-3-10(7-11)15-9-20-17(24-15)21-14-6-5-12(18)8-13(14)19/h2-9H,1H3,(H,20,21). The summed E-state index contributed by atoms with van der Waals surface area (Å²) in [6.45, 7) is 0. The normalized spacial score (nSPS) is 10.5. The molecule has 7 heteroatoms. The maximum Gasteiger partial charge on any atom is 0.337 e. The van der Waals surface area contributed by atoms with Gasteiger partial charge in [0, 0.05) is 11.6 Å². The molecule has 1 aromatic heterocycles. The quantitative estimate of drug-likeness (QED) is 0.728. The number of benzene rings is 2. The predicted molar refractivity (Wildman–Crippen MR) is 82.9 cm³/mol. The molecule has 122 valence electrons. The lowest BCUT2D eigenvalue weighted by Crippen LogP contribution is -2.00. The van der Waals surface area contributed by atoms with Crippen molar-refractivity contribution in [1.82, 2.24) is 4.98 Å². The Kier molecular flexibility index (Phi) is 4.24. The largest absolute Gasteiger partial charge is 0.465 e. The van der Waals surface area contributed by atoms with E-state index in [-0.39, 0.29) is 11.7 Å². The summed E-state index contributed by atoms with van der Waals surface area (Å²) in [7, 11) is 1.29. The van der Waals surface area contributed by atoms with Gasteiger partial charge in [-0.15, -0.1) is 0 Å². The van der Waals surface area contributed by atoms with Crippen molar-refractivity contribution in [3.05, 3.63) is 65.9 Å². The Morgan fingerprint density at radius 1 is 1.21 bits per heavy atom. The molecule has 0 aliphatic carbocycles. The van der Waals surface area contributed by atoms with Gasteiger partial charge in [0.2, 0.25) is 0 Å². The average molecular weight is 330 g/mol. The van der Waals surface area contributed by atoms with Crippen LogP contribution in [0.25, 0.3) is 11.3 Å². The summed E-state index contributed by atoms with van der Waals surface area (Å²) in [5.74, 6) is -1.53. The summed E-state index contributed by atoms with van der Waals surface area (Å²) in [4.78, 5) is 15.5. The van der Waals surface area contributed by atoms with Gasteiger partial charge in [0.15, 0.2) is 5.76 Å². The molecule has 5 nitrogen and oxygen atoms in total. The number of carbonyl (C=O) groups is 1. The number of rotatable bonds is 4. The van der Waals surface area contributed by atoms with Crippen LogP contribution in [-0.2, 0) is 4.74 Å². The van der Waals surface area contributed by atoms with Crippen molar-refractivity contribution in [2.75, 3.05) is 12.4 Å². The van der Waals surface area contributed by atoms with Crippen molar-refractivity contribution < 1.29 is 22.7 Å². The molecule has 3 rings (SSSR count). The summed E-state index contributed by atoms with van der Waals surface area (Å²) in [6.07, 6.45) is 1.43. The molecule has 0 fully saturated rings. The summed E-state index contributed by atoms with van der Waals surface area (Å²) in [6, 6.07) is 9.77. The van der Waals surface area contributed by atoms with E-state index in [9.17, 15) is 13.6 Å². The van der Waals surface area contributed by atoms with Crippen LogP contribution in [0.4, 0.5) is 20.5 Å². The highest BCUT2D eigenvalue weighted by Gasteiger charge is 2.12. The SMILES string of the molecule is COC(=O)c1cccc(-c2cnc(Nc3ccc(F)cc3F)o2)c1. The van der Waals surface area contributed by atoms with E-state index in [1.165, 1.54) is 19.4 Å². The number of hydrogen-bond donors (Lipinski definition) is 1. The first-order valence-electron chi connectivity index (χ1n) is 6.93. The third-order valence-corrected chi connectivity index (χ3v) is 3.25. The lowest BCUT2D eigenvalue weighted by molar-refractivity contribution is 0.0601. The van der Waals surface area contributed by atoms with Gasteiger partial charge < -0.3 is 14.5 Å². The van der Waals surface area contributed by atoms with Gasteiger partial charge in [-0.3, -0.25) is 0 Å². The number of nitrogens with one attached hydrogen (secondary N) is 1. The van der Waals surface area contributed by atoms with Crippen LogP contribution in [0, 0.1) is 11.6 Å². The van der Waals surface area contributed by atoms with Gasteiger partial charge in [0.1, 0.15) is 11.6 Å². The predicted octanol–water partition coefficient (Wildman–Crippen LogP) is 4.15. The molecule has 3 aromatic rings. The highest BCUT2D eigenvalue weighted by molar-refractivity contribution is 5.90. The first-order chi connectivity index (χ1) is 11.6. The van der Waals surface area contributed by atoms with Crippen LogP contribution in [0.15, 0.2) is 53.1 Å². The van der Waals surface area contributed by atoms with Crippen molar-refractivity contribution in [2.45, 2.75) is 0 Å². The van der Waals surface area contributed by atoms with Gasteiger partial charge in [-0.05, 0) is 24.3 Å². The maximum atomic E-state index is 13.6. The smallest absolute Gasteiger partial charge is 0.337 e. The molecule has 1 N–H and O–H groups in total. The average Bonchev–Trinajstić information content (AvgIpc) is 3.05. The monoisotopic (exact) mass is 330 g/mol. The maximum absolute atomic E-state index is 13.6. The number of oxazole rings is 1. The summed E-state index contributed by atoms with van der Waals surface area (Å²) in [5.41, 5.74) is 1.01. The number of nitrogens with zero attached hydrogens (tertiary/aromatic N) is 1. The zero-order chi connectivity index (χ0) is 17.1. The molecule has 2 aromatic carbocycles. The number of aromatic nitrogens is 1. The van der Waals surface area contributed by atoms with Crippen LogP contribution in [0.1, 0.15) is 10.4 Å². The second-order valence-corrected chi connectivity index (χ2v) is 4.85. The number of methoxy groups -OCH3 is 1. The summed E-state index contributed by atoms with van der Waals surface area (Å²) >= 11 is 0. The number of anilines is 2. The summed E-state index contributed by atoms with van der Waals surface area (Å²) in [5, 5.41) is 2.63. The van der Waals surface area contributed by atoms with Crippen LogP contribution in [0.5, 0.6) is 0 Å². The first kappa shape index (κ1) is 15.7. The van der Waals surface area contributed by atoms with Crippen LogP contribution in [-0.4, -0.2) is 18.1 Å². The highest BCUT2D eigenvalue weighted by atomic mass is 19.1. The second-order valence-electron chi connectivity index (χ2n) is 4.85. The fraction of sp³-hybridized carbons (Fsp3) is 0.0588. The molecule has 0 aliphatic heterocycles. The van der Waals surface area contributed by atoms with Crippen LogP contribution in [0.3, 0.4) is 0 Å². The van der Waals surface area contributed by atoms with E-state index in [4.69, 9.17) is 4.42 Å². The Balaban J connectivity index is 1.84. The third-order valence-electron chi connectivity index (χ3n) is 3.25. The number of esters is 1. The van der Waals surface area contributed by atoms with Gasteiger partial charge in [-0.2, -0.15) is 0 Å². The van der Waals surface area contributed by atoms with Crippen LogP contribution in [0.2, 0.25) is 0 Å². The van der Waals surface area contributed by atoms with Crippen molar-refractivity contribution >= 4 is 17.7 Å². The number of halogens is 2. The molecule has 0 spiro atoms. The Hall–Kier alpha value is -3.22. The van der Waals surface area contributed by atoms with Gasteiger partial charge in [0.25, 0.3) is 6.01 Å². The molecule has 24 heavy (non-hydrogen) atoms. The fourth-order valence-electron chi connectivity index (χ4n) is 2.09. The van der Waals surface area contributed by atoms with Crippen molar-refractivity contribution in [3.8, 4) is 11.3 Å². The minimum absolute atomic E-state index is 0.0353. The topological polar surface area (TPSA) is 64.4 Å². The minimum atomic E-state index is -0.762. The first-order valence-corrected chi connectivity index (χ1v) is 6.93. The van der Waals surface area contributed by atoms with E-state index >= 15 is 0 Å². The molecule has 0 bridgehead atoms. The molecular formula is C17H12F2N2O3. The minimum Gasteiger partial charge on any atom is -0.465 e. The van der Waals surface area contributed by atoms with E-state index < -0.39 is 17.6 Å². The Morgan fingerprint density at radius 2 is 2.04 bits per heavy atom. The van der Waals surface area contributed by atoms with E-state index in [0.717, 1.165) is 12.1 Å². The molecule has 0 unspecified atom stereocenters. The Morgan fingerprint density at radius 3 is 2.79 bits per heavy atom. The third kappa shape index (κ3) is 3.24. The lowest BCUT2D eigenvalue weighted by atomic mass is 10.1. The molecule has 0 radical (unpaired) electrons. The Labute approximate surface area is 135 Å². The highest BCUT2D eigenvalue weighted by Crippen LogP contribution is 2.26. The lowest BCUT2D eigenvalue weighted by Gasteiger charge is -2.03. The molecule has 0 saturated heterocycles. The Bertz CT molecular complexity index is 893. The van der Waals surface area contributed by atoms with E-state index in [2.05, 4.69) is 15.0 Å². The van der Waals surface area contributed by atoms with Gasteiger partial charge in [-0.25, -0.2) is 18.6 Å². The zero-order valence-corrected chi connectivity index (χ0v) is 12.5. The van der Waals surface area contributed by atoms with Gasteiger partial charge in [-0.1, -0.05) is 12.1 Å². The van der Waals surface area contributed by atoms with Gasteiger partial charge >= 0.3 is 5.97 Å². The molecule has 0 atom stereocenters. The number of carbonyl (C=O) groups excluding carboxylic acids is 1. The molecular weight excluding hydrogens is 318 g/mol. The van der Waals surface area contributed by atoms with E-state index in [1.54, 1.807) is 24.3 Å². The number of ether oxygens (including phenoxy) is 1. The molecule has 1 heterocycles. The van der Waals surface area contributed by atoms with Crippen LogP contribution >= 0.6 is 0 Å². The number of hydrogen-bond acceptors (Lipinski definition) is 5. The van der Waals surface area contributed by atoms with Crippen LogP contribution < -0.4 is 5.32 Å². The van der Waals surface area contributed by atoms with Gasteiger partial charge in [0.05, 0.1) is 24.6 Å². The fourth-order valence-corrected chi connectivity index (χ4v) is 2.09. The van der Waals surface area contributed by atoms with Crippen molar-refractivity contribution in [3.63, 3.8) is 0 Å². The molecule has 0 amide bonds. The van der Waals surface area contributed by atoms with Crippen molar-refractivity contribution in [1.29, 1.82) is 0 Å². The summed E-state index contributed by atoms with van der Waals surface area (Å²) < 4.78 is 36.7. The molecule has 0 saturated carbocycles. The van der Waals surface area contributed by atoms with E-state index in [0.29, 0.717) is 16.9 Å². The second kappa shape index (κ2) is 6.49. The van der Waals surface area contributed by atoms with E-state index in [1.807, 2.05) is 0 Å². The van der Waals surface area contributed by atoms with Crippen molar-refractivity contribution in [2.24, 2.45) is 0 Å². The zero-order valence-electron chi connectivity index (χ0n) is 12.5. The molecule has 0 aliphatic rings.